The van der Waals surface area contributed by atoms with Crippen LogP contribution in [0.5, 0.6) is 0 Å². The Bertz CT molecular complexity index is 2150. The fraction of sp³-hybridized carbons (Fsp3) is 0. The molecule has 0 aliphatic heterocycles. The molecule has 0 radical (unpaired) electrons. The molecule has 7 aromatic carbocycles. The van der Waals surface area contributed by atoms with Gasteiger partial charge in [-0.15, -0.1) is 0 Å². The van der Waals surface area contributed by atoms with Crippen LogP contribution in [-0.2, 0) is 0 Å². The van der Waals surface area contributed by atoms with Crippen molar-refractivity contribution in [1.29, 1.82) is 0 Å². The summed E-state index contributed by atoms with van der Waals surface area (Å²) in [6.45, 7) is 0. The largest absolute Gasteiger partial charge is 0.256 e. The Morgan fingerprint density at radius 2 is 0.950 bits per heavy atom. The maximum absolute atomic E-state index is 4.78. The Balaban J connectivity index is 1.56. The molecule has 0 aliphatic carbocycles. The van der Waals surface area contributed by atoms with Crippen LogP contribution in [-0.4, -0.2) is 4.98 Å². The van der Waals surface area contributed by atoms with E-state index in [0.717, 1.165) is 10.9 Å². The number of fused-ring (bicyclic) bond motifs is 4. The van der Waals surface area contributed by atoms with Crippen molar-refractivity contribution in [3.8, 4) is 33.4 Å². The number of hydrogen-bond acceptors (Lipinski definition) is 1. The lowest BCUT2D eigenvalue weighted by Crippen LogP contribution is -1.94. The van der Waals surface area contributed by atoms with Gasteiger partial charge in [0.25, 0.3) is 0 Å². The summed E-state index contributed by atoms with van der Waals surface area (Å²) in [5, 5.41) is 8.66. The van der Waals surface area contributed by atoms with E-state index >= 15 is 0 Å². The van der Waals surface area contributed by atoms with Crippen molar-refractivity contribution >= 4 is 43.2 Å². The summed E-state index contributed by atoms with van der Waals surface area (Å²) < 4.78 is 0. The molecule has 8 rings (SSSR count). The first-order chi connectivity index (χ1) is 19.9. The lowest BCUT2D eigenvalue weighted by molar-refractivity contribution is 1.41. The van der Waals surface area contributed by atoms with Crippen LogP contribution < -0.4 is 0 Å². The van der Waals surface area contributed by atoms with Gasteiger partial charge in [0.05, 0.1) is 5.52 Å². The molecule has 0 saturated carbocycles. The zero-order valence-electron chi connectivity index (χ0n) is 21.9. The standard InChI is InChI=1S/C39H25N/c1-2-12-27(13-3-1)37-31-15-6-8-17-33(31)39(34-18-9-7-16-32(34)37)38-30(22-23-36-35(38)19-10-24-40-36)29-21-20-26-11-4-5-14-28(26)25-29/h1-25H. The molecular weight excluding hydrogens is 482 g/mol. The number of pyridine rings is 1. The quantitative estimate of drug-likeness (QED) is 0.217. The van der Waals surface area contributed by atoms with Crippen LogP contribution >= 0.6 is 0 Å². The van der Waals surface area contributed by atoms with Crippen LogP contribution in [0.1, 0.15) is 0 Å². The van der Waals surface area contributed by atoms with Gasteiger partial charge in [0.15, 0.2) is 0 Å². The summed E-state index contributed by atoms with van der Waals surface area (Å²) in [4.78, 5) is 4.78. The summed E-state index contributed by atoms with van der Waals surface area (Å²) in [6, 6.07) is 52.6. The highest BCUT2D eigenvalue weighted by molar-refractivity contribution is 6.25. The van der Waals surface area contributed by atoms with Crippen molar-refractivity contribution < 1.29 is 0 Å². The Kier molecular flexibility index (Phi) is 5.21. The normalized spacial score (nSPS) is 11.5. The second-order valence-electron chi connectivity index (χ2n) is 10.3. The second-order valence-corrected chi connectivity index (χ2v) is 10.3. The van der Waals surface area contributed by atoms with E-state index in [9.17, 15) is 0 Å². The predicted octanol–water partition coefficient (Wildman–Crippen LogP) is 10.7. The smallest absolute Gasteiger partial charge is 0.0708 e. The van der Waals surface area contributed by atoms with Gasteiger partial charge in [-0.1, -0.05) is 127 Å². The van der Waals surface area contributed by atoms with Crippen LogP contribution in [0, 0.1) is 0 Å². The third-order valence-corrected chi connectivity index (χ3v) is 8.09. The molecule has 0 saturated heterocycles. The molecule has 0 fully saturated rings. The minimum atomic E-state index is 1.00. The lowest BCUT2D eigenvalue weighted by atomic mass is 9.82. The second kappa shape index (κ2) is 9.18. The molecule has 0 unspecified atom stereocenters. The SMILES string of the molecule is c1ccc(-c2c3ccccc3c(-c3c(-c4ccc5ccccc5c4)ccc4ncccc34)c3ccccc23)cc1. The van der Waals surface area contributed by atoms with Crippen molar-refractivity contribution in [1.82, 2.24) is 4.98 Å². The number of aromatic nitrogens is 1. The van der Waals surface area contributed by atoms with Crippen molar-refractivity contribution in [3.05, 3.63) is 152 Å². The first-order valence-corrected chi connectivity index (χ1v) is 13.7. The minimum Gasteiger partial charge on any atom is -0.256 e. The van der Waals surface area contributed by atoms with Gasteiger partial charge in [-0.05, 0) is 78.3 Å². The van der Waals surface area contributed by atoms with Gasteiger partial charge in [0, 0.05) is 17.1 Å². The van der Waals surface area contributed by atoms with Crippen molar-refractivity contribution in [3.63, 3.8) is 0 Å². The van der Waals surface area contributed by atoms with Crippen molar-refractivity contribution in [2.75, 3.05) is 0 Å². The van der Waals surface area contributed by atoms with E-state index in [0.29, 0.717) is 0 Å². The average molecular weight is 508 g/mol. The zero-order chi connectivity index (χ0) is 26.5. The molecule has 1 aromatic heterocycles. The fourth-order valence-electron chi connectivity index (χ4n) is 6.33. The van der Waals surface area contributed by atoms with Gasteiger partial charge >= 0.3 is 0 Å². The Labute approximate surface area is 233 Å². The topological polar surface area (TPSA) is 12.9 Å². The number of nitrogens with zero attached hydrogens (tertiary/aromatic N) is 1. The third-order valence-electron chi connectivity index (χ3n) is 8.09. The Morgan fingerprint density at radius 1 is 0.350 bits per heavy atom. The molecule has 0 spiro atoms. The predicted molar refractivity (Wildman–Crippen MR) is 171 cm³/mol. The van der Waals surface area contributed by atoms with E-state index < -0.39 is 0 Å². The van der Waals surface area contributed by atoms with E-state index in [2.05, 4.69) is 146 Å². The summed E-state index contributed by atoms with van der Waals surface area (Å²) in [5.74, 6) is 0. The zero-order valence-corrected chi connectivity index (χ0v) is 21.9. The van der Waals surface area contributed by atoms with Gasteiger partial charge in [0.2, 0.25) is 0 Å². The number of benzene rings is 7. The highest BCUT2D eigenvalue weighted by Gasteiger charge is 2.21. The molecule has 0 bridgehead atoms. The van der Waals surface area contributed by atoms with Crippen LogP contribution in [0.25, 0.3) is 76.6 Å². The molecule has 0 atom stereocenters. The van der Waals surface area contributed by atoms with E-state index in [4.69, 9.17) is 4.98 Å². The molecule has 1 nitrogen and oxygen atoms in total. The molecule has 0 amide bonds. The van der Waals surface area contributed by atoms with E-state index in [-0.39, 0.29) is 0 Å². The summed E-state index contributed by atoms with van der Waals surface area (Å²) in [6.07, 6.45) is 1.89. The highest BCUT2D eigenvalue weighted by Crippen LogP contribution is 2.48. The maximum atomic E-state index is 4.78. The molecule has 0 N–H and O–H groups in total. The maximum Gasteiger partial charge on any atom is 0.0708 e. The van der Waals surface area contributed by atoms with Crippen LogP contribution in [0.3, 0.4) is 0 Å². The van der Waals surface area contributed by atoms with Gasteiger partial charge in [0.1, 0.15) is 0 Å². The van der Waals surface area contributed by atoms with Crippen LogP contribution in [0.2, 0.25) is 0 Å². The van der Waals surface area contributed by atoms with Gasteiger partial charge in [-0.2, -0.15) is 0 Å². The van der Waals surface area contributed by atoms with Crippen LogP contribution in [0.4, 0.5) is 0 Å². The average Bonchev–Trinajstić information content (AvgIpc) is 3.03. The summed E-state index contributed by atoms with van der Waals surface area (Å²) in [5.41, 5.74) is 8.42. The molecule has 186 valence electrons. The lowest BCUT2D eigenvalue weighted by Gasteiger charge is -2.21. The number of rotatable bonds is 3. The van der Waals surface area contributed by atoms with Gasteiger partial charge in [-0.25, -0.2) is 0 Å². The molecular formula is C39H25N. The molecule has 1 heterocycles. The molecule has 0 aliphatic rings. The first kappa shape index (κ1) is 22.7. The fourth-order valence-corrected chi connectivity index (χ4v) is 6.33. The molecule has 40 heavy (non-hydrogen) atoms. The van der Waals surface area contributed by atoms with Crippen molar-refractivity contribution in [2.24, 2.45) is 0 Å². The Hall–Kier alpha value is -5.27. The van der Waals surface area contributed by atoms with E-state index in [1.807, 2.05) is 6.20 Å². The highest BCUT2D eigenvalue weighted by atomic mass is 14.6. The van der Waals surface area contributed by atoms with Crippen LogP contribution in [0.15, 0.2) is 152 Å². The third kappa shape index (κ3) is 3.52. The van der Waals surface area contributed by atoms with E-state index in [1.54, 1.807) is 0 Å². The summed E-state index contributed by atoms with van der Waals surface area (Å²) >= 11 is 0. The minimum absolute atomic E-state index is 1.00. The molecule has 8 aromatic rings. The molecule has 1 heteroatoms. The first-order valence-electron chi connectivity index (χ1n) is 13.7. The van der Waals surface area contributed by atoms with E-state index in [1.165, 1.54) is 65.7 Å². The monoisotopic (exact) mass is 507 g/mol. The van der Waals surface area contributed by atoms with Gasteiger partial charge in [-0.3, -0.25) is 4.98 Å². The summed E-state index contributed by atoms with van der Waals surface area (Å²) in [7, 11) is 0. The van der Waals surface area contributed by atoms with Crippen molar-refractivity contribution in [2.45, 2.75) is 0 Å². The van der Waals surface area contributed by atoms with Gasteiger partial charge < -0.3 is 0 Å². The Morgan fingerprint density at radius 3 is 1.68 bits per heavy atom. The number of hydrogen-bond donors (Lipinski definition) is 0.